The second kappa shape index (κ2) is 40.2. The summed E-state index contributed by atoms with van der Waals surface area (Å²) in [4.78, 5) is 52.0. The Bertz CT molecular complexity index is 4480. The molecule has 20 aliphatic rings. The highest BCUT2D eigenvalue weighted by molar-refractivity contribution is 5.84. The fourth-order valence-corrected chi connectivity index (χ4v) is 47.8. The van der Waals surface area contributed by atoms with Crippen LogP contribution in [0.25, 0.3) is 0 Å². The second-order valence-electron chi connectivity index (χ2n) is 59.9. The van der Waals surface area contributed by atoms with Gasteiger partial charge in [-0.2, -0.15) is 0 Å². The molecule has 20 rings (SSSR count). The minimum Gasteiger partial charge on any atom is -0.481 e. The van der Waals surface area contributed by atoms with Gasteiger partial charge in [0.05, 0.1) is 35.2 Å². The van der Waals surface area contributed by atoms with Gasteiger partial charge in [-0.15, -0.1) is 0 Å². The third-order valence-electron chi connectivity index (χ3n) is 55.5. The molecule has 10 nitrogen and oxygen atoms in total. The Hall–Kier alpha value is -2.40. The molecule has 0 bridgehead atoms. The first-order valence-corrected chi connectivity index (χ1v) is 61.3. The predicted octanol–water partition coefficient (Wildman–Crippen LogP) is 34.9. The maximum absolute atomic E-state index is 13.2. The van der Waals surface area contributed by atoms with E-state index in [9.17, 15) is 39.6 Å². The highest BCUT2D eigenvalue weighted by Crippen LogP contribution is 2.85. The maximum atomic E-state index is 13.2. The topological polar surface area (TPSA) is 168 Å². The predicted molar refractivity (Wildman–Crippen MR) is 592 cm³/mol. The van der Waals surface area contributed by atoms with Crippen LogP contribution in [-0.4, -0.2) is 82.6 Å². The number of methoxy groups -OCH3 is 2. The van der Waals surface area contributed by atoms with E-state index in [4.69, 9.17) is 9.47 Å². The van der Waals surface area contributed by atoms with Crippen molar-refractivity contribution >= 4 is 23.5 Å². The first-order valence-electron chi connectivity index (χ1n) is 61.3. The Balaban J connectivity index is 0.000000155. The normalized spacial score (nSPS) is 51.6. The SMILES string of the molecule is C=C(C)[C@@H]1CC[C@]2(C(=O)O)CC[C@]3(C)[C@H](CC[C@@H]4[C@@]5(C)CC[C@H](OC)C(C)(C)[C@@H]5CC[C@]43C)[C@@H]12.C=C(C)[C@@H]1CC[C@]2(C(C)=O)CC[C@]3(C)[C@H](CC[C@@H]4[C@@]5(C)CC[C@H](O)C(C)(C)[C@@H]5CC[C@]43C)[C@@H]12.CC.CC.CC.CC.CC(=O)[C@]12CC[C@@H](C(C)C)[C@@H]1[C@H]1CC[C@@H]3[C@@]4(C)CC[C@H](O)C(C)(C)[C@@H]4CC[C@@]3(C)[C@]1(C)CC2.CO[C@H]1CC[C@]2(C)[C@H]3CC[C@@H]4[C@H]5[C@H](C(C)C)CC[C@]5(C(=O)O)CC[C@@]4(C)[C@]3(C)CC[C@H]2C1(C)C. The molecule has 0 unspecified atom stereocenters. The molecule has 10 heteroatoms. The Labute approximate surface area is 874 Å². The van der Waals surface area contributed by atoms with Crippen molar-refractivity contribution in [2.45, 2.75) is 531 Å². The van der Waals surface area contributed by atoms with Gasteiger partial charge in [0.25, 0.3) is 0 Å². The number of hydrogen-bond acceptors (Lipinski definition) is 8. The fourth-order valence-electron chi connectivity index (χ4n) is 47.8. The van der Waals surface area contributed by atoms with E-state index in [-0.39, 0.29) is 66.9 Å². The lowest BCUT2D eigenvalue weighted by atomic mass is 9.32. The summed E-state index contributed by atoms with van der Waals surface area (Å²) in [7, 11) is 3.82. The van der Waals surface area contributed by atoms with Crippen LogP contribution in [0.4, 0.5) is 0 Å². The molecule has 40 atom stereocenters. The van der Waals surface area contributed by atoms with E-state index in [0.29, 0.717) is 167 Å². The van der Waals surface area contributed by atoms with Crippen LogP contribution in [0, 0.1) is 238 Å². The van der Waals surface area contributed by atoms with E-state index in [2.05, 4.69) is 193 Å². The van der Waals surface area contributed by atoms with Crippen LogP contribution < -0.4 is 0 Å². The minimum atomic E-state index is -0.522. The number of Topliss-reactive ketones (excluding diaryl/α,β-unsaturated/α-hetero) is 2. The molecule has 0 radical (unpaired) electrons. The van der Waals surface area contributed by atoms with Gasteiger partial charge in [0.1, 0.15) is 11.6 Å². The van der Waals surface area contributed by atoms with Crippen molar-refractivity contribution in [1.82, 2.24) is 0 Å². The number of hydrogen-bond donors (Lipinski definition) is 4. The molecular weight excluding hydrogens is 1750 g/mol. The van der Waals surface area contributed by atoms with Crippen LogP contribution >= 0.6 is 0 Å². The molecule has 0 spiro atoms. The van der Waals surface area contributed by atoms with Gasteiger partial charge in [0.2, 0.25) is 0 Å². The maximum Gasteiger partial charge on any atom is 0.309 e. The van der Waals surface area contributed by atoms with Gasteiger partial charge in [-0.3, -0.25) is 19.2 Å². The van der Waals surface area contributed by atoms with Crippen LogP contribution in [0.5, 0.6) is 0 Å². The van der Waals surface area contributed by atoms with E-state index in [1.54, 1.807) is 0 Å². The van der Waals surface area contributed by atoms with Crippen LogP contribution in [0.2, 0.25) is 0 Å². The number of ketones is 2. The Morgan fingerprint density at radius 2 is 0.493 bits per heavy atom. The molecule has 4 N–H and O–H groups in total. The molecular formula is C132H228O10. The molecule has 20 aliphatic carbocycles. The number of carbonyl (C=O) groups excluding carboxylic acids is 2. The number of rotatable bonds is 10. The zero-order valence-corrected chi connectivity index (χ0v) is 99.9. The number of aliphatic hydroxyl groups is 2. The summed E-state index contributed by atoms with van der Waals surface area (Å²) in [6, 6.07) is 0. The average molecular weight is 1980 g/mol. The van der Waals surface area contributed by atoms with Crippen molar-refractivity contribution in [3.8, 4) is 0 Å². The first kappa shape index (κ1) is 117. The van der Waals surface area contributed by atoms with Gasteiger partial charge in [-0.05, 0) is 501 Å². The number of allylic oxidation sites excluding steroid dienone is 2. The van der Waals surface area contributed by atoms with Gasteiger partial charge in [-0.25, -0.2) is 0 Å². The summed E-state index contributed by atoms with van der Waals surface area (Å²) >= 11 is 0. The summed E-state index contributed by atoms with van der Waals surface area (Å²) in [5, 5.41) is 42.9. The zero-order valence-electron chi connectivity index (χ0n) is 99.9. The fraction of sp³-hybridized carbons (Fsp3) is 0.939. The van der Waals surface area contributed by atoms with Crippen molar-refractivity contribution in [3.63, 3.8) is 0 Å². The summed E-state index contributed by atoms with van der Waals surface area (Å²) < 4.78 is 12.0. The number of aliphatic carboxylic acids is 2. The number of fused-ring (bicyclic) bond motifs is 28. The third-order valence-corrected chi connectivity index (χ3v) is 55.5. The van der Waals surface area contributed by atoms with E-state index in [1.807, 2.05) is 83.5 Å². The number of carboxylic acid groups (broad SMARTS) is 2. The van der Waals surface area contributed by atoms with Crippen LogP contribution in [-0.2, 0) is 28.7 Å². The van der Waals surface area contributed by atoms with Crippen molar-refractivity contribution < 1.29 is 49.1 Å². The van der Waals surface area contributed by atoms with Gasteiger partial charge in [0.15, 0.2) is 0 Å². The van der Waals surface area contributed by atoms with Crippen molar-refractivity contribution in [3.05, 3.63) is 24.3 Å². The summed E-state index contributed by atoms with van der Waals surface area (Å²) in [6.07, 6.45) is 47.5. The van der Waals surface area contributed by atoms with Gasteiger partial charge >= 0.3 is 11.9 Å². The second-order valence-corrected chi connectivity index (χ2v) is 59.9. The molecule has 816 valence electrons. The molecule has 0 aromatic rings. The van der Waals surface area contributed by atoms with Crippen molar-refractivity contribution in [1.29, 1.82) is 0 Å². The number of carbonyl (C=O) groups is 4. The monoisotopic (exact) mass is 1970 g/mol. The minimum absolute atomic E-state index is 0.0128. The van der Waals surface area contributed by atoms with E-state index >= 15 is 0 Å². The van der Waals surface area contributed by atoms with Gasteiger partial charge < -0.3 is 29.9 Å². The first-order chi connectivity index (χ1) is 66.1. The van der Waals surface area contributed by atoms with E-state index < -0.39 is 22.8 Å². The molecule has 0 aliphatic heterocycles. The number of ether oxygens (including phenoxy) is 2. The average Bonchev–Trinajstić information content (AvgIpc) is 1.24. The Morgan fingerprint density at radius 1 is 0.261 bits per heavy atom. The Kier molecular flexibility index (Phi) is 33.0. The molecule has 0 heterocycles. The number of aliphatic hydroxyl groups excluding tert-OH is 2. The lowest BCUT2D eigenvalue weighted by molar-refractivity contribution is -0.251. The highest BCUT2D eigenvalue weighted by atomic mass is 16.5. The van der Waals surface area contributed by atoms with Gasteiger partial charge in [0, 0.05) is 25.0 Å². The highest BCUT2D eigenvalue weighted by Gasteiger charge is 2.79. The molecule has 0 aromatic carbocycles. The Morgan fingerprint density at radius 3 is 0.768 bits per heavy atom. The lowest BCUT2D eigenvalue weighted by Crippen LogP contribution is -2.67. The zero-order chi connectivity index (χ0) is 106. The summed E-state index contributed by atoms with van der Waals surface area (Å²) in [6.45, 7) is 93.5. The van der Waals surface area contributed by atoms with Crippen molar-refractivity contribution in [2.75, 3.05) is 14.2 Å². The third kappa shape index (κ3) is 16.2. The largest absolute Gasteiger partial charge is 0.481 e. The van der Waals surface area contributed by atoms with Crippen LogP contribution in [0.15, 0.2) is 24.3 Å². The van der Waals surface area contributed by atoms with Crippen LogP contribution in [0.1, 0.15) is 506 Å². The molecule has 20 saturated carbocycles. The molecule has 0 aromatic heterocycles. The van der Waals surface area contributed by atoms with E-state index in [1.165, 1.54) is 172 Å². The molecule has 20 fully saturated rings. The molecule has 0 saturated heterocycles. The standard InChI is InChI=1S/C31H52O3.C31H50O3.C31H52O2.C31H50O2.4C2H6/c2*1-19(2)20-11-16-31(26(32)33)18-17-29(6)21(25(20)31)9-10-23-28(5)14-13-24(34-8)27(3,4)22(28)12-15-30(23,29)7;2*1-19(2)21-11-16-31(20(3)32)18-17-29(7)22(26(21)31)9-10-24-28(6)14-13-25(33)27(4,5)23(28)12-15-30(24,29)8;4*1-2/h19-25H,9-18H2,1-8H3,(H,32,33);20-25H,1,9-18H2,2-8H3,(H,32,33);19,21-26,33H,9-18H2,1-8H3;21-26,33H,1,9-18H2,2-8H3;4*1-2H3/t2*20-,21+,22-,23+,24-,25+,28-,29+,30+,31-;2*21-,22+,23-,24+,25-,26+,28-,29+,30+,31+;;;;/m0000..../s1. The summed E-state index contributed by atoms with van der Waals surface area (Å²) in [5.74, 6) is 13.2. The quantitative estimate of drug-likeness (QED) is 0.155. The van der Waals surface area contributed by atoms with E-state index in [0.717, 1.165) is 126 Å². The lowest BCUT2D eigenvalue weighted by Gasteiger charge is -2.73. The van der Waals surface area contributed by atoms with Crippen molar-refractivity contribution in [2.24, 2.45) is 238 Å². The number of carboxylic acids is 2. The molecule has 142 heavy (non-hydrogen) atoms. The smallest absolute Gasteiger partial charge is 0.309 e. The molecule has 0 amide bonds. The van der Waals surface area contributed by atoms with Gasteiger partial charge in [-0.1, -0.05) is 246 Å². The van der Waals surface area contributed by atoms with Crippen LogP contribution in [0.3, 0.4) is 0 Å². The summed E-state index contributed by atoms with van der Waals surface area (Å²) in [5.41, 5.74) is 5.68.